The molecule has 0 heterocycles. The van der Waals surface area contributed by atoms with Gasteiger partial charge in [-0.1, -0.05) is 6.07 Å². The van der Waals surface area contributed by atoms with Gasteiger partial charge >= 0.3 is 6.09 Å². The molecule has 0 bridgehead atoms. The second-order valence-corrected chi connectivity index (χ2v) is 5.31. The maximum Gasteiger partial charge on any atom is 0.412 e. The smallest absolute Gasteiger partial charge is 0.412 e. The van der Waals surface area contributed by atoms with Crippen LogP contribution in [0.4, 0.5) is 10.5 Å². The van der Waals surface area contributed by atoms with Gasteiger partial charge in [-0.3, -0.25) is 5.32 Å². The second-order valence-electron chi connectivity index (χ2n) is 5.31. The van der Waals surface area contributed by atoms with Crippen molar-refractivity contribution < 1.29 is 14.3 Å². The molecule has 108 valence electrons. The molecule has 5 nitrogen and oxygen atoms in total. The molecule has 1 amide bonds. The number of rotatable bonds is 4. The van der Waals surface area contributed by atoms with Crippen molar-refractivity contribution in [2.24, 2.45) is 0 Å². The van der Waals surface area contributed by atoms with E-state index in [-0.39, 0.29) is 0 Å². The lowest BCUT2D eigenvalue weighted by Crippen LogP contribution is -2.27. The summed E-state index contributed by atoms with van der Waals surface area (Å²) in [5.74, 6) is 0.636. The van der Waals surface area contributed by atoms with Crippen molar-refractivity contribution in [2.75, 3.05) is 12.4 Å². The highest BCUT2D eigenvalue weighted by molar-refractivity contribution is 5.86. The summed E-state index contributed by atoms with van der Waals surface area (Å²) in [4.78, 5) is 11.8. The van der Waals surface area contributed by atoms with E-state index in [0.29, 0.717) is 24.3 Å². The molecule has 0 spiro atoms. The molecule has 0 saturated carbocycles. The normalized spacial score (nSPS) is 10.6. The summed E-state index contributed by atoms with van der Waals surface area (Å²) < 4.78 is 10.4. The summed E-state index contributed by atoms with van der Waals surface area (Å²) in [5.41, 5.74) is 0.919. The van der Waals surface area contributed by atoms with Crippen molar-refractivity contribution in [3.05, 3.63) is 23.8 Å². The first kappa shape index (κ1) is 15.8. The zero-order valence-electron chi connectivity index (χ0n) is 12.3. The molecule has 0 aliphatic carbocycles. The monoisotopic (exact) mass is 276 g/mol. The Balaban J connectivity index is 2.90. The summed E-state index contributed by atoms with van der Waals surface area (Å²) in [6.07, 6.45) is 0.421. The van der Waals surface area contributed by atoms with Gasteiger partial charge in [-0.05, 0) is 38.8 Å². The third-order valence-corrected chi connectivity index (χ3v) is 2.46. The number of ether oxygens (including phenoxy) is 2. The molecule has 0 aromatic heterocycles. The van der Waals surface area contributed by atoms with Gasteiger partial charge in [0.15, 0.2) is 0 Å². The third-order valence-electron chi connectivity index (χ3n) is 2.46. The van der Waals surface area contributed by atoms with Crippen LogP contribution in [0.5, 0.6) is 5.75 Å². The standard InChI is InChI=1S/C15H20N2O3/c1-15(2,3)20-14(18)17-13-10-12(19-4)8-7-11(13)6-5-9-16/h7-8,10H,5-6H2,1-4H3,(H,17,18). The molecule has 1 aromatic rings. The Labute approximate surface area is 119 Å². The molecule has 1 N–H and O–H groups in total. The molecule has 0 saturated heterocycles. The SMILES string of the molecule is COc1ccc(CCC#N)c(NC(=O)OC(C)(C)C)c1. The summed E-state index contributed by atoms with van der Waals surface area (Å²) >= 11 is 0. The van der Waals surface area contributed by atoms with Gasteiger partial charge in [-0.15, -0.1) is 0 Å². The largest absolute Gasteiger partial charge is 0.497 e. The fourth-order valence-electron chi connectivity index (χ4n) is 1.62. The van der Waals surface area contributed by atoms with Crippen molar-refractivity contribution >= 4 is 11.8 Å². The average molecular weight is 276 g/mol. The Morgan fingerprint density at radius 2 is 2.10 bits per heavy atom. The van der Waals surface area contributed by atoms with Gasteiger partial charge < -0.3 is 9.47 Å². The molecule has 20 heavy (non-hydrogen) atoms. The third kappa shape index (κ3) is 5.19. The van der Waals surface area contributed by atoms with Crippen LogP contribution in [-0.4, -0.2) is 18.8 Å². The molecular formula is C15H20N2O3. The summed E-state index contributed by atoms with van der Waals surface area (Å²) in [7, 11) is 1.56. The number of hydrogen-bond acceptors (Lipinski definition) is 4. The van der Waals surface area contributed by atoms with E-state index >= 15 is 0 Å². The minimum atomic E-state index is -0.560. The van der Waals surface area contributed by atoms with Crippen LogP contribution in [0.25, 0.3) is 0 Å². The van der Waals surface area contributed by atoms with E-state index < -0.39 is 11.7 Å². The number of nitriles is 1. The Bertz CT molecular complexity index is 513. The minimum Gasteiger partial charge on any atom is -0.497 e. The maximum atomic E-state index is 11.8. The predicted octanol–water partition coefficient (Wildman–Crippen LogP) is 3.50. The van der Waals surface area contributed by atoms with Crippen LogP contribution in [0, 0.1) is 11.3 Å². The van der Waals surface area contributed by atoms with E-state index in [4.69, 9.17) is 14.7 Å². The molecular weight excluding hydrogens is 256 g/mol. The summed E-state index contributed by atoms with van der Waals surface area (Å²) in [5, 5.41) is 11.4. The van der Waals surface area contributed by atoms with Gasteiger partial charge in [0, 0.05) is 12.5 Å². The Morgan fingerprint density at radius 1 is 1.40 bits per heavy atom. The number of anilines is 1. The zero-order chi connectivity index (χ0) is 15.2. The lowest BCUT2D eigenvalue weighted by Gasteiger charge is -2.20. The van der Waals surface area contributed by atoms with E-state index in [1.54, 1.807) is 40.0 Å². The fourth-order valence-corrected chi connectivity index (χ4v) is 1.62. The van der Waals surface area contributed by atoms with Crippen LogP contribution in [0.1, 0.15) is 32.8 Å². The average Bonchev–Trinajstić information content (AvgIpc) is 2.34. The van der Waals surface area contributed by atoms with Crippen molar-refractivity contribution in [3.8, 4) is 11.8 Å². The van der Waals surface area contributed by atoms with Crippen LogP contribution in [-0.2, 0) is 11.2 Å². The number of amides is 1. The number of carbonyl (C=O) groups excluding carboxylic acids is 1. The highest BCUT2D eigenvalue weighted by atomic mass is 16.6. The van der Waals surface area contributed by atoms with Gasteiger partial charge in [0.2, 0.25) is 0 Å². The topological polar surface area (TPSA) is 71.3 Å². The number of nitrogens with one attached hydrogen (secondary N) is 1. The molecule has 0 atom stereocenters. The predicted molar refractivity (Wildman–Crippen MR) is 76.8 cm³/mol. The first-order valence-electron chi connectivity index (χ1n) is 6.39. The number of nitrogens with zero attached hydrogens (tertiary/aromatic N) is 1. The second kappa shape index (κ2) is 6.80. The Morgan fingerprint density at radius 3 is 2.65 bits per heavy atom. The minimum absolute atomic E-state index is 0.384. The van der Waals surface area contributed by atoms with E-state index in [9.17, 15) is 4.79 Å². The Kier molecular flexibility index (Phi) is 5.39. The zero-order valence-corrected chi connectivity index (χ0v) is 12.3. The number of aryl methyl sites for hydroxylation is 1. The van der Waals surface area contributed by atoms with Crippen molar-refractivity contribution in [3.63, 3.8) is 0 Å². The number of methoxy groups -OCH3 is 1. The van der Waals surface area contributed by atoms with Crippen molar-refractivity contribution in [1.82, 2.24) is 0 Å². The molecule has 5 heteroatoms. The van der Waals surface area contributed by atoms with Crippen molar-refractivity contribution in [1.29, 1.82) is 5.26 Å². The first-order chi connectivity index (χ1) is 9.35. The molecule has 0 unspecified atom stereocenters. The van der Waals surface area contributed by atoms with Gasteiger partial charge in [0.1, 0.15) is 11.4 Å². The molecule has 1 aromatic carbocycles. The number of benzene rings is 1. The van der Waals surface area contributed by atoms with E-state index in [0.717, 1.165) is 5.56 Å². The van der Waals surface area contributed by atoms with Crippen molar-refractivity contribution in [2.45, 2.75) is 39.2 Å². The lowest BCUT2D eigenvalue weighted by atomic mass is 10.1. The van der Waals surface area contributed by atoms with E-state index in [2.05, 4.69) is 11.4 Å². The van der Waals surface area contributed by atoms with E-state index in [1.165, 1.54) is 0 Å². The molecule has 0 aliphatic heterocycles. The van der Waals surface area contributed by atoms with Gasteiger partial charge in [-0.25, -0.2) is 4.79 Å². The van der Waals surface area contributed by atoms with Crippen LogP contribution >= 0.6 is 0 Å². The molecule has 0 aliphatic rings. The van der Waals surface area contributed by atoms with Crippen LogP contribution in [0.15, 0.2) is 18.2 Å². The van der Waals surface area contributed by atoms with Gasteiger partial charge in [0.05, 0.1) is 18.9 Å². The fraction of sp³-hybridized carbons (Fsp3) is 0.467. The number of hydrogen-bond donors (Lipinski definition) is 1. The number of carbonyl (C=O) groups is 1. The summed E-state index contributed by atoms with van der Waals surface area (Å²) in [6.45, 7) is 5.40. The van der Waals surface area contributed by atoms with Crippen LogP contribution < -0.4 is 10.1 Å². The quantitative estimate of drug-likeness (QED) is 0.913. The molecule has 1 rings (SSSR count). The van der Waals surface area contributed by atoms with Crippen LogP contribution in [0.3, 0.4) is 0 Å². The first-order valence-corrected chi connectivity index (χ1v) is 6.39. The van der Waals surface area contributed by atoms with E-state index in [1.807, 2.05) is 6.07 Å². The summed E-state index contributed by atoms with van der Waals surface area (Å²) in [6, 6.07) is 7.44. The Hall–Kier alpha value is -2.22. The lowest BCUT2D eigenvalue weighted by molar-refractivity contribution is 0.0636. The highest BCUT2D eigenvalue weighted by Crippen LogP contribution is 2.24. The molecule has 0 fully saturated rings. The maximum absolute atomic E-state index is 11.8. The molecule has 0 radical (unpaired) electrons. The van der Waals surface area contributed by atoms with Crippen LogP contribution in [0.2, 0.25) is 0 Å². The highest BCUT2D eigenvalue weighted by Gasteiger charge is 2.17. The van der Waals surface area contributed by atoms with Gasteiger partial charge in [0.25, 0.3) is 0 Å². The van der Waals surface area contributed by atoms with Gasteiger partial charge in [-0.2, -0.15) is 5.26 Å².